The second kappa shape index (κ2) is 7.54. The molecule has 2 rings (SSSR count). The van der Waals surface area contributed by atoms with Crippen LogP contribution in [-0.2, 0) is 10.0 Å². The van der Waals surface area contributed by atoms with Crippen molar-refractivity contribution in [3.8, 4) is 0 Å². The molecule has 5 nitrogen and oxygen atoms in total. The van der Waals surface area contributed by atoms with Gasteiger partial charge in [0.25, 0.3) is 0 Å². The van der Waals surface area contributed by atoms with Gasteiger partial charge >= 0.3 is 0 Å². The van der Waals surface area contributed by atoms with E-state index in [0.29, 0.717) is 11.4 Å². The monoisotopic (exact) mass is 315 g/mol. The lowest BCUT2D eigenvalue weighted by Crippen LogP contribution is -3.05. The summed E-state index contributed by atoms with van der Waals surface area (Å²) in [6, 6.07) is 6.84. The summed E-state index contributed by atoms with van der Waals surface area (Å²) in [5.41, 5.74) is 1.04. The molecular formula is C13H18ClN3O2S. The molecular weight excluding hydrogens is 298 g/mol. The van der Waals surface area contributed by atoms with E-state index in [0.717, 1.165) is 23.4 Å². The first-order valence-corrected chi connectivity index (χ1v) is 7.68. The maximum atomic E-state index is 12.0. The molecule has 2 N–H and O–H groups in total. The van der Waals surface area contributed by atoms with Crippen LogP contribution in [0.3, 0.4) is 0 Å². The van der Waals surface area contributed by atoms with Crippen molar-refractivity contribution in [3.05, 3.63) is 42.2 Å². The number of halogens is 1. The van der Waals surface area contributed by atoms with Crippen molar-refractivity contribution >= 4 is 16.4 Å². The van der Waals surface area contributed by atoms with Crippen molar-refractivity contribution in [2.75, 3.05) is 13.1 Å². The van der Waals surface area contributed by atoms with E-state index < -0.39 is 10.0 Å². The highest BCUT2D eigenvalue weighted by Crippen LogP contribution is 2.09. The minimum atomic E-state index is -3.38. The van der Waals surface area contributed by atoms with Crippen LogP contribution in [0.1, 0.15) is 12.0 Å². The Bertz CT molecular complexity index is 570. The van der Waals surface area contributed by atoms with Crippen molar-refractivity contribution in [2.45, 2.75) is 18.2 Å². The van der Waals surface area contributed by atoms with Crippen LogP contribution in [-0.4, -0.2) is 27.8 Å². The van der Waals surface area contributed by atoms with Crippen LogP contribution in [0.25, 0.3) is 0 Å². The van der Waals surface area contributed by atoms with Crippen LogP contribution < -0.4 is 22.0 Å². The van der Waals surface area contributed by atoms with Gasteiger partial charge in [-0.05, 0) is 19.1 Å². The predicted molar refractivity (Wildman–Crippen MR) is 74.4 cm³/mol. The van der Waals surface area contributed by atoms with Crippen molar-refractivity contribution in [2.24, 2.45) is 4.99 Å². The number of hydrogen-bond acceptors (Lipinski definition) is 3. The van der Waals surface area contributed by atoms with Crippen molar-refractivity contribution in [1.82, 2.24) is 4.72 Å². The molecule has 0 bridgehead atoms. The third-order valence-corrected chi connectivity index (χ3v) is 4.36. The number of benzene rings is 1. The van der Waals surface area contributed by atoms with Crippen LogP contribution in [0, 0.1) is 6.92 Å². The van der Waals surface area contributed by atoms with Crippen molar-refractivity contribution in [3.63, 3.8) is 0 Å². The Kier molecular flexibility index (Phi) is 6.35. The number of nitrogens with zero attached hydrogens (tertiary/aromatic N) is 1. The van der Waals surface area contributed by atoms with Crippen molar-refractivity contribution in [1.29, 1.82) is 0 Å². The lowest BCUT2D eigenvalue weighted by Gasteiger charge is -2.08. The van der Waals surface area contributed by atoms with Crippen LogP contribution in [0.2, 0.25) is 0 Å². The normalized spacial score (nSPS) is 17.1. The molecule has 1 heterocycles. The lowest BCUT2D eigenvalue weighted by molar-refractivity contribution is -0.736. The Morgan fingerprint density at radius 2 is 1.95 bits per heavy atom. The highest BCUT2D eigenvalue weighted by Gasteiger charge is 2.13. The average molecular weight is 316 g/mol. The number of nitrogens with one attached hydrogen (secondary N) is 2. The minimum absolute atomic E-state index is 0. The van der Waals surface area contributed by atoms with Gasteiger partial charge in [-0.3, -0.25) is 4.90 Å². The number of hydrogen-bond donors (Lipinski definition) is 2. The molecule has 110 valence electrons. The van der Waals surface area contributed by atoms with Crippen molar-refractivity contribution < 1.29 is 25.7 Å². The number of aryl methyl sites for hydroxylation is 1. The maximum absolute atomic E-state index is 12.0. The Morgan fingerprint density at radius 3 is 2.55 bits per heavy atom. The van der Waals surface area contributed by atoms with Gasteiger partial charge in [0, 0.05) is 13.0 Å². The number of aliphatic imine (C=N–C) groups is 1. The Morgan fingerprint density at radius 1 is 1.25 bits per heavy atom. The van der Waals surface area contributed by atoms with E-state index in [1.165, 1.54) is 0 Å². The van der Waals surface area contributed by atoms with Crippen LogP contribution in [0.15, 0.2) is 46.6 Å². The fourth-order valence-electron chi connectivity index (χ4n) is 1.77. The van der Waals surface area contributed by atoms with E-state index in [1.54, 1.807) is 36.8 Å². The molecule has 0 saturated carbocycles. The van der Waals surface area contributed by atoms with Gasteiger partial charge in [-0.25, -0.2) is 18.1 Å². The standard InChI is InChI=1S/C13H17N3O2S.ClH/c1-12-3-5-13(6-4-12)19(17,18)15-7-2-9-16-10-8-14-11-16;/h3-6,8,10-11,15H,2,7,9H2,1H3;1H. The first-order chi connectivity index (χ1) is 9.08. The molecule has 1 unspecified atom stereocenters. The molecule has 0 amide bonds. The zero-order valence-corrected chi connectivity index (χ0v) is 12.8. The van der Waals surface area contributed by atoms with Gasteiger partial charge in [0.15, 0.2) is 6.34 Å². The summed E-state index contributed by atoms with van der Waals surface area (Å²) in [6.45, 7) is 3.19. The first-order valence-electron chi connectivity index (χ1n) is 6.20. The fraction of sp³-hybridized carbons (Fsp3) is 0.308. The average Bonchev–Trinajstić information content (AvgIpc) is 2.88. The lowest BCUT2D eigenvalue weighted by atomic mass is 10.2. The molecule has 1 atom stereocenters. The molecule has 20 heavy (non-hydrogen) atoms. The number of sulfonamides is 1. The zero-order valence-electron chi connectivity index (χ0n) is 11.2. The molecule has 0 saturated heterocycles. The van der Waals surface area contributed by atoms with E-state index >= 15 is 0 Å². The van der Waals surface area contributed by atoms with E-state index in [4.69, 9.17) is 0 Å². The van der Waals surface area contributed by atoms with Gasteiger partial charge in [-0.2, -0.15) is 0 Å². The summed E-state index contributed by atoms with van der Waals surface area (Å²) in [5.74, 6) is 0. The zero-order chi connectivity index (χ0) is 13.7. The quantitative estimate of drug-likeness (QED) is 0.552. The van der Waals surface area contributed by atoms with E-state index in [1.807, 2.05) is 13.1 Å². The third-order valence-electron chi connectivity index (χ3n) is 2.88. The molecule has 0 aliphatic carbocycles. The maximum Gasteiger partial charge on any atom is 0.240 e. The minimum Gasteiger partial charge on any atom is -1.00 e. The summed E-state index contributed by atoms with van der Waals surface area (Å²) >= 11 is 0. The summed E-state index contributed by atoms with van der Waals surface area (Å²) in [7, 11) is -3.38. The van der Waals surface area contributed by atoms with Crippen LogP contribution in [0.5, 0.6) is 0 Å². The Balaban J connectivity index is 0.00000200. The predicted octanol–water partition coefficient (Wildman–Crippen LogP) is -2.93. The smallest absolute Gasteiger partial charge is 0.240 e. The molecule has 1 aromatic carbocycles. The molecule has 0 spiro atoms. The second-order valence-electron chi connectivity index (χ2n) is 4.48. The molecule has 1 aromatic rings. The summed E-state index contributed by atoms with van der Waals surface area (Å²) in [4.78, 5) is 5.41. The highest BCUT2D eigenvalue weighted by molar-refractivity contribution is 7.89. The molecule has 0 radical (unpaired) electrons. The summed E-state index contributed by atoms with van der Waals surface area (Å²) in [6.07, 6.45) is 6.24. The number of quaternary nitrogens is 1. The first kappa shape index (κ1) is 16.8. The molecule has 1 aliphatic heterocycles. The molecule has 0 aromatic heterocycles. The third kappa shape index (κ3) is 4.72. The SMILES string of the molecule is Cc1ccc(S(=O)(=O)NCCC[NH+]2C=CN=C2)cc1.[Cl-]. The second-order valence-corrected chi connectivity index (χ2v) is 6.25. The van der Waals surface area contributed by atoms with Gasteiger partial charge in [-0.1, -0.05) is 17.7 Å². The molecule has 0 fully saturated rings. The van der Waals surface area contributed by atoms with Crippen LogP contribution >= 0.6 is 0 Å². The largest absolute Gasteiger partial charge is 1.00 e. The van der Waals surface area contributed by atoms with E-state index in [-0.39, 0.29) is 12.4 Å². The highest BCUT2D eigenvalue weighted by atomic mass is 35.5. The topological polar surface area (TPSA) is 63.0 Å². The molecule has 7 heteroatoms. The Labute approximate surface area is 125 Å². The van der Waals surface area contributed by atoms with Gasteiger partial charge < -0.3 is 12.4 Å². The number of rotatable bonds is 6. The summed E-state index contributed by atoms with van der Waals surface area (Å²) < 4.78 is 26.6. The van der Waals surface area contributed by atoms with Gasteiger partial charge in [0.2, 0.25) is 10.0 Å². The fourth-order valence-corrected chi connectivity index (χ4v) is 2.84. The van der Waals surface area contributed by atoms with E-state index in [9.17, 15) is 8.42 Å². The van der Waals surface area contributed by atoms with E-state index in [2.05, 4.69) is 9.71 Å². The molecule has 1 aliphatic rings. The summed E-state index contributed by atoms with van der Waals surface area (Å²) in [5, 5.41) is 0. The van der Waals surface area contributed by atoms with Gasteiger partial charge in [0.1, 0.15) is 6.20 Å². The van der Waals surface area contributed by atoms with Crippen LogP contribution in [0.4, 0.5) is 0 Å². The van der Waals surface area contributed by atoms with Gasteiger partial charge in [0.05, 0.1) is 17.6 Å². The Hall–Kier alpha value is -1.21. The van der Waals surface area contributed by atoms with Gasteiger partial charge in [-0.15, -0.1) is 0 Å².